The average Bonchev–Trinajstić information content (AvgIpc) is 2.90. The summed E-state index contributed by atoms with van der Waals surface area (Å²) in [5.74, 6) is 0. The molecule has 6 heteroatoms. The van der Waals surface area contributed by atoms with E-state index in [1.807, 2.05) is 17.8 Å². The Morgan fingerprint density at radius 1 is 1.40 bits per heavy atom. The van der Waals surface area contributed by atoms with E-state index >= 15 is 0 Å². The topological polar surface area (TPSA) is 38.5 Å². The number of imidazole rings is 1. The van der Waals surface area contributed by atoms with E-state index < -0.39 is 0 Å². The molecule has 2 heterocycles. The minimum absolute atomic E-state index is 0.698. The number of nitrogens with one attached hydrogen (secondary N) is 1. The zero-order chi connectivity index (χ0) is 14.4. The van der Waals surface area contributed by atoms with Gasteiger partial charge in [0.15, 0.2) is 10.4 Å². The second-order valence-electron chi connectivity index (χ2n) is 4.82. The number of H-pyrrole nitrogens is 1. The van der Waals surface area contributed by atoms with Crippen LogP contribution < -0.4 is 0 Å². The number of hydrogen-bond donors (Lipinski definition) is 1. The molecule has 3 aromatic rings. The third-order valence-electron chi connectivity index (χ3n) is 3.48. The largest absolute Gasteiger partial charge is 0.327 e. The highest BCUT2D eigenvalue weighted by Gasteiger charge is 2.16. The van der Waals surface area contributed by atoms with E-state index in [2.05, 4.69) is 56.6 Å². The first kappa shape index (κ1) is 13.6. The predicted octanol–water partition coefficient (Wildman–Crippen LogP) is 4.05. The second-order valence-corrected chi connectivity index (χ2v) is 6.12. The fourth-order valence-corrected chi connectivity index (χ4v) is 3.14. The highest BCUT2D eigenvalue weighted by atomic mass is 79.9. The van der Waals surface area contributed by atoms with Gasteiger partial charge in [0.25, 0.3) is 0 Å². The second kappa shape index (κ2) is 4.86. The molecule has 0 radical (unpaired) electrons. The standard InChI is InChI=1S/C14H15BrN4S/c1-4-10-12-13(18(3)17-10)19(14(20)16-12)11-7-9(15)6-5-8(11)2/h5-7H,4H2,1-3H3,(H,16,20). The van der Waals surface area contributed by atoms with Crippen molar-refractivity contribution in [3.05, 3.63) is 38.7 Å². The van der Waals surface area contributed by atoms with E-state index in [0.29, 0.717) is 4.77 Å². The molecule has 0 amide bonds. The number of aromatic nitrogens is 4. The summed E-state index contributed by atoms with van der Waals surface area (Å²) in [6.07, 6.45) is 0.879. The van der Waals surface area contributed by atoms with Crippen molar-refractivity contribution in [1.29, 1.82) is 0 Å². The van der Waals surface area contributed by atoms with Gasteiger partial charge < -0.3 is 4.98 Å². The van der Waals surface area contributed by atoms with Crippen LogP contribution in [0.25, 0.3) is 16.9 Å². The van der Waals surface area contributed by atoms with Gasteiger partial charge in [-0.2, -0.15) is 5.10 Å². The molecule has 3 rings (SSSR count). The minimum Gasteiger partial charge on any atom is -0.327 e. The number of rotatable bonds is 2. The van der Waals surface area contributed by atoms with Crippen molar-refractivity contribution in [2.45, 2.75) is 20.3 Å². The van der Waals surface area contributed by atoms with Crippen LogP contribution in [0, 0.1) is 11.7 Å². The summed E-state index contributed by atoms with van der Waals surface area (Å²) in [6.45, 7) is 4.18. The van der Waals surface area contributed by atoms with Crippen molar-refractivity contribution in [3.8, 4) is 5.69 Å². The average molecular weight is 351 g/mol. The Kier molecular flexibility index (Phi) is 3.30. The summed E-state index contributed by atoms with van der Waals surface area (Å²) < 4.78 is 5.67. The van der Waals surface area contributed by atoms with Crippen LogP contribution in [-0.2, 0) is 13.5 Å². The Morgan fingerprint density at radius 2 is 2.15 bits per heavy atom. The van der Waals surface area contributed by atoms with Crippen LogP contribution in [0.2, 0.25) is 0 Å². The van der Waals surface area contributed by atoms with Gasteiger partial charge in [0.1, 0.15) is 5.52 Å². The van der Waals surface area contributed by atoms with Crippen LogP contribution >= 0.6 is 28.1 Å². The molecule has 1 aromatic carbocycles. The summed E-state index contributed by atoms with van der Waals surface area (Å²) in [5.41, 5.74) is 5.32. The molecule has 0 aliphatic rings. The molecule has 20 heavy (non-hydrogen) atoms. The maximum absolute atomic E-state index is 5.51. The van der Waals surface area contributed by atoms with Crippen molar-refractivity contribution in [2.24, 2.45) is 7.05 Å². The Bertz CT molecular complexity index is 856. The number of hydrogen-bond acceptors (Lipinski definition) is 2. The lowest BCUT2D eigenvalue weighted by Gasteiger charge is -2.09. The highest BCUT2D eigenvalue weighted by Crippen LogP contribution is 2.26. The van der Waals surface area contributed by atoms with E-state index in [4.69, 9.17) is 12.2 Å². The monoisotopic (exact) mass is 350 g/mol. The molecule has 0 saturated carbocycles. The highest BCUT2D eigenvalue weighted by molar-refractivity contribution is 9.10. The Labute approximate surface area is 130 Å². The Balaban J connectivity index is 2.42. The fourth-order valence-electron chi connectivity index (χ4n) is 2.51. The van der Waals surface area contributed by atoms with Gasteiger partial charge in [0.2, 0.25) is 0 Å². The van der Waals surface area contributed by atoms with Gasteiger partial charge in [0.05, 0.1) is 11.4 Å². The van der Waals surface area contributed by atoms with E-state index in [-0.39, 0.29) is 0 Å². The number of nitrogens with zero attached hydrogens (tertiary/aromatic N) is 3. The number of aryl methyl sites for hydroxylation is 3. The molecule has 0 saturated heterocycles. The zero-order valence-electron chi connectivity index (χ0n) is 11.6. The molecule has 104 valence electrons. The van der Waals surface area contributed by atoms with Crippen molar-refractivity contribution in [2.75, 3.05) is 0 Å². The number of benzene rings is 1. The first-order chi connectivity index (χ1) is 9.52. The lowest BCUT2D eigenvalue weighted by molar-refractivity contribution is 0.748. The van der Waals surface area contributed by atoms with E-state index in [0.717, 1.165) is 33.4 Å². The quantitative estimate of drug-likeness (QED) is 0.708. The molecule has 2 aromatic heterocycles. The van der Waals surface area contributed by atoms with E-state index in [1.54, 1.807) is 0 Å². The van der Waals surface area contributed by atoms with Crippen molar-refractivity contribution in [1.82, 2.24) is 19.3 Å². The normalized spacial score (nSPS) is 11.4. The molecular formula is C14H15BrN4S. The maximum Gasteiger partial charge on any atom is 0.184 e. The SMILES string of the molecule is CCc1nn(C)c2c1[nH]c(=S)n2-c1cc(Br)ccc1C. The van der Waals surface area contributed by atoms with Gasteiger partial charge in [-0.05, 0) is 43.3 Å². The van der Waals surface area contributed by atoms with Gasteiger partial charge >= 0.3 is 0 Å². The maximum atomic E-state index is 5.51. The molecular weight excluding hydrogens is 336 g/mol. The molecule has 0 atom stereocenters. The third-order valence-corrected chi connectivity index (χ3v) is 4.26. The minimum atomic E-state index is 0.698. The number of halogens is 1. The van der Waals surface area contributed by atoms with Gasteiger partial charge in [-0.15, -0.1) is 0 Å². The summed E-state index contributed by atoms with van der Waals surface area (Å²) in [5, 5.41) is 4.55. The fraction of sp³-hybridized carbons (Fsp3) is 0.286. The number of fused-ring (bicyclic) bond motifs is 1. The van der Waals surface area contributed by atoms with Crippen LogP contribution in [-0.4, -0.2) is 19.3 Å². The smallest absolute Gasteiger partial charge is 0.184 e. The zero-order valence-corrected chi connectivity index (χ0v) is 14.0. The molecule has 0 spiro atoms. The molecule has 0 bridgehead atoms. The van der Waals surface area contributed by atoms with Crippen LogP contribution in [0.1, 0.15) is 18.2 Å². The van der Waals surface area contributed by atoms with Crippen molar-refractivity contribution < 1.29 is 0 Å². The molecule has 1 N–H and O–H groups in total. The molecule has 0 fully saturated rings. The first-order valence-corrected chi connectivity index (χ1v) is 7.66. The Morgan fingerprint density at radius 3 is 2.85 bits per heavy atom. The van der Waals surface area contributed by atoms with Gasteiger partial charge in [0, 0.05) is 11.5 Å². The van der Waals surface area contributed by atoms with Gasteiger partial charge in [-0.25, -0.2) is 4.68 Å². The van der Waals surface area contributed by atoms with Gasteiger partial charge in [-0.3, -0.25) is 4.57 Å². The summed E-state index contributed by atoms with van der Waals surface area (Å²) in [6, 6.07) is 6.20. The molecule has 0 aliphatic heterocycles. The predicted molar refractivity (Wildman–Crippen MR) is 87.0 cm³/mol. The van der Waals surface area contributed by atoms with Gasteiger partial charge in [-0.1, -0.05) is 28.9 Å². The molecule has 0 unspecified atom stereocenters. The molecule has 4 nitrogen and oxygen atoms in total. The van der Waals surface area contributed by atoms with E-state index in [9.17, 15) is 0 Å². The Hall–Kier alpha value is -1.40. The number of aromatic amines is 1. The molecule has 0 aliphatic carbocycles. The summed E-state index contributed by atoms with van der Waals surface area (Å²) in [4.78, 5) is 3.29. The van der Waals surface area contributed by atoms with Crippen molar-refractivity contribution in [3.63, 3.8) is 0 Å². The first-order valence-electron chi connectivity index (χ1n) is 6.46. The van der Waals surface area contributed by atoms with Crippen molar-refractivity contribution >= 4 is 39.3 Å². The lowest BCUT2D eigenvalue weighted by atomic mass is 10.2. The van der Waals surface area contributed by atoms with Crippen LogP contribution in [0.5, 0.6) is 0 Å². The van der Waals surface area contributed by atoms with Crippen LogP contribution in [0.15, 0.2) is 22.7 Å². The summed E-state index contributed by atoms with van der Waals surface area (Å²) >= 11 is 9.04. The summed E-state index contributed by atoms with van der Waals surface area (Å²) in [7, 11) is 1.95. The van der Waals surface area contributed by atoms with Crippen LogP contribution in [0.3, 0.4) is 0 Å². The lowest BCUT2D eigenvalue weighted by Crippen LogP contribution is -2.02. The van der Waals surface area contributed by atoms with Crippen LogP contribution in [0.4, 0.5) is 0 Å². The third kappa shape index (κ3) is 1.94. The van der Waals surface area contributed by atoms with E-state index in [1.165, 1.54) is 5.56 Å².